The standard InChI is InChI=1S/C28H32N6O/c35-28(33-20-18-32(19-21-33)16-4-8-23-6-2-1-3-7-23)25-9-5-17-34(22-25)27-11-10-26(30-31-27)24-12-14-29-15-13-24/h1-4,6-8,10-15,25H,5,9,16-22H2/b8-4+. The highest BCUT2D eigenvalue weighted by molar-refractivity contribution is 5.80. The van der Waals surface area contributed by atoms with Crippen molar-refractivity contribution in [1.29, 1.82) is 0 Å². The molecule has 0 spiro atoms. The van der Waals surface area contributed by atoms with Gasteiger partial charge in [0.25, 0.3) is 0 Å². The molecular formula is C28H32N6O. The summed E-state index contributed by atoms with van der Waals surface area (Å²) in [5.74, 6) is 1.15. The highest BCUT2D eigenvalue weighted by Gasteiger charge is 2.31. The molecule has 2 fully saturated rings. The van der Waals surface area contributed by atoms with Crippen LogP contribution in [0.4, 0.5) is 5.82 Å². The van der Waals surface area contributed by atoms with Crippen LogP contribution in [0.2, 0.25) is 0 Å². The average molecular weight is 469 g/mol. The first-order valence-electron chi connectivity index (χ1n) is 12.5. The molecule has 2 saturated heterocycles. The molecule has 7 nitrogen and oxygen atoms in total. The fourth-order valence-corrected chi connectivity index (χ4v) is 4.87. The highest BCUT2D eigenvalue weighted by Crippen LogP contribution is 2.25. The van der Waals surface area contributed by atoms with Gasteiger partial charge in [-0.05, 0) is 42.7 Å². The molecule has 0 N–H and O–H groups in total. The van der Waals surface area contributed by atoms with Gasteiger partial charge >= 0.3 is 0 Å². The predicted molar refractivity (Wildman–Crippen MR) is 139 cm³/mol. The van der Waals surface area contributed by atoms with Gasteiger partial charge in [0.15, 0.2) is 5.82 Å². The molecule has 7 heteroatoms. The van der Waals surface area contributed by atoms with E-state index in [4.69, 9.17) is 0 Å². The van der Waals surface area contributed by atoms with E-state index in [-0.39, 0.29) is 11.8 Å². The Morgan fingerprint density at radius 1 is 0.914 bits per heavy atom. The molecule has 2 aliphatic rings. The summed E-state index contributed by atoms with van der Waals surface area (Å²) in [4.78, 5) is 24.0. The lowest BCUT2D eigenvalue weighted by molar-refractivity contribution is -0.137. The minimum Gasteiger partial charge on any atom is -0.354 e. The number of piperazine rings is 1. The molecule has 3 aromatic rings. The molecule has 4 heterocycles. The zero-order valence-corrected chi connectivity index (χ0v) is 20.0. The molecule has 0 bridgehead atoms. The van der Waals surface area contributed by atoms with E-state index >= 15 is 0 Å². The average Bonchev–Trinajstić information content (AvgIpc) is 2.94. The van der Waals surface area contributed by atoms with Crippen molar-refractivity contribution >= 4 is 17.8 Å². The Morgan fingerprint density at radius 3 is 2.46 bits per heavy atom. The molecule has 180 valence electrons. The lowest BCUT2D eigenvalue weighted by Crippen LogP contribution is -2.52. The number of aromatic nitrogens is 3. The number of pyridine rings is 1. The molecule has 0 radical (unpaired) electrons. The first-order valence-corrected chi connectivity index (χ1v) is 12.5. The van der Waals surface area contributed by atoms with Crippen molar-refractivity contribution in [1.82, 2.24) is 25.0 Å². The second kappa shape index (κ2) is 11.2. The SMILES string of the molecule is O=C(C1CCCN(c2ccc(-c3ccncc3)nn2)C1)N1CCN(C/C=C/c2ccccc2)CC1. The maximum atomic E-state index is 13.3. The van der Waals surface area contributed by atoms with Gasteiger partial charge in [0.1, 0.15) is 0 Å². The van der Waals surface area contributed by atoms with Crippen LogP contribution in [0.15, 0.2) is 73.1 Å². The third-order valence-corrected chi connectivity index (χ3v) is 6.88. The number of anilines is 1. The normalized spacial score (nSPS) is 19.3. The molecule has 2 aromatic heterocycles. The van der Waals surface area contributed by atoms with E-state index in [1.54, 1.807) is 12.4 Å². The number of carbonyl (C=O) groups is 1. The van der Waals surface area contributed by atoms with Crippen molar-refractivity contribution in [3.8, 4) is 11.3 Å². The lowest BCUT2D eigenvalue weighted by atomic mass is 9.96. The largest absolute Gasteiger partial charge is 0.354 e. The summed E-state index contributed by atoms with van der Waals surface area (Å²) < 4.78 is 0. The van der Waals surface area contributed by atoms with Gasteiger partial charge in [0.05, 0.1) is 11.6 Å². The third kappa shape index (κ3) is 5.92. The van der Waals surface area contributed by atoms with E-state index in [1.807, 2.05) is 30.3 Å². The van der Waals surface area contributed by atoms with Crippen LogP contribution >= 0.6 is 0 Å². The van der Waals surface area contributed by atoms with Gasteiger partial charge in [-0.3, -0.25) is 14.7 Å². The van der Waals surface area contributed by atoms with Crippen LogP contribution in [-0.4, -0.2) is 76.7 Å². The number of hydrogen-bond acceptors (Lipinski definition) is 6. The van der Waals surface area contributed by atoms with Crippen LogP contribution in [0, 0.1) is 5.92 Å². The number of nitrogens with zero attached hydrogens (tertiary/aromatic N) is 6. The van der Waals surface area contributed by atoms with Crippen molar-refractivity contribution in [2.24, 2.45) is 5.92 Å². The van der Waals surface area contributed by atoms with E-state index in [2.05, 4.69) is 66.3 Å². The number of piperidine rings is 1. The summed E-state index contributed by atoms with van der Waals surface area (Å²) >= 11 is 0. The smallest absolute Gasteiger partial charge is 0.227 e. The first-order chi connectivity index (χ1) is 17.3. The molecule has 1 unspecified atom stereocenters. The van der Waals surface area contributed by atoms with E-state index < -0.39 is 0 Å². The minimum atomic E-state index is 0.0231. The number of carbonyl (C=O) groups excluding carboxylic acids is 1. The van der Waals surface area contributed by atoms with Crippen LogP contribution in [-0.2, 0) is 4.79 Å². The summed E-state index contributed by atoms with van der Waals surface area (Å²) in [5, 5.41) is 8.87. The zero-order valence-electron chi connectivity index (χ0n) is 20.0. The number of rotatable bonds is 6. The van der Waals surface area contributed by atoms with Gasteiger partial charge in [-0.2, -0.15) is 0 Å². The number of benzene rings is 1. The Hall–Kier alpha value is -3.58. The highest BCUT2D eigenvalue weighted by atomic mass is 16.2. The van der Waals surface area contributed by atoms with E-state index in [1.165, 1.54) is 5.56 Å². The van der Waals surface area contributed by atoms with Crippen molar-refractivity contribution in [2.45, 2.75) is 12.8 Å². The lowest BCUT2D eigenvalue weighted by Gasteiger charge is -2.39. The maximum absolute atomic E-state index is 13.3. The van der Waals surface area contributed by atoms with Crippen molar-refractivity contribution in [2.75, 3.05) is 50.7 Å². The third-order valence-electron chi connectivity index (χ3n) is 6.88. The molecular weight excluding hydrogens is 436 g/mol. The number of hydrogen-bond donors (Lipinski definition) is 0. The Labute approximate surface area is 207 Å². The second-order valence-corrected chi connectivity index (χ2v) is 9.24. The van der Waals surface area contributed by atoms with Gasteiger partial charge in [-0.15, -0.1) is 10.2 Å². The molecule has 0 saturated carbocycles. The van der Waals surface area contributed by atoms with Crippen LogP contribution in [0.25, 0.3) is 17.3 Å². The van der Waals surface area contributed by atoms with Gasteiger partial charge < -0.3 is 9.80 Å². The van der Waals surface area contributed by atoms with E-state index in [0.29, 0.717) is 6.54 Å². The summed E-state index contributed by atoms with van der Waals surface area (Å²) in [6.07, 6.45) is 9.83. The summed E-state index contributed by atoms with van der Waals surface area (Å²) in [5.41, 5.74) is 3.05. The monoisotopic (exact) mass is 468 g/mol. The molecule has 1 atom stereocenters. The van der Waals surface area contributed by atoms with Gasteiger partial charge in [0.2, 0.25) is 5.91 Å². The van der Waals surface area contributed by atoms with E-state index in [0.717, 1.165) is 69.2 Å². The van der Waals surface area contributed by atoms with Crippen molar-refractivity contribution < 1.29 is 4.79 Å². The Kier molecular flexibility index (Phi) is 7.44. The molecule has 2 aliphatic heterocycles. The fraction of sp³-hybridized carbons (Fsp3) is 0.357. The predicted octanol–water partition coefficient (Wildman–Crippen LogP) is 3.61. The summed E-state index contributed by atoms with van der Waals surface area (Å²) in [6, 6.07) is 18.2. The molecule has 1 aromatic carbocycles. The Morgan fingerprint density at radius 2 is 1.71 bits per heavy atom. The topological polar surface area (TPSA) is 65.5 Å². The van der Waals surface area contributed by atoms with Crippen LogP contribution in [0.5, 0.6) is 0 Å². The molecule has 35 heavy (non-hydrogen) atoms. The minimum absolute atomic E-state index is 0.0231. The van der Waals surface area contributed by atoms with E-state index in [9.17, 15) is 4.79 Å². The zero-order chi connectivity index (χ0) is 23.9. The quantitative estimate of drug-likeness (QED) is 0.551. The van der Waals surface area contributed by atoms with Crippen LogP contribution < -0.4 is 4.90 Å². The first kappa shape index (κ1) is 23.2. The van der Waals surface area contributed by atoms with Gasteiger partial charge in [0, 0.05) is 63.8 Å². The van der Waals surface area contributed by atoms with Crippen molar-refractivity contribution in [3.63, 3.8) is 0 Å². The molecule has 1 amide bonds. The number of amides is 1. The Bertz CT molecular complexity index is 1110. The maximum Gasteiger partial charge on any atom is 0.227 e. The van der Waals surface area contributed by atoms with Crippen LogP contribution in [0.3, 0.4) is 0 Å². The molecule has 5 rings (SSSR count). The summed E-state index contributed by atoms with van der Waals surface area (Å²) in [7, 11) is 0. The summed E-state index contributed by atoms with van der Waals surface area (Å²) in [6.45, 7) is 5.98. The van der Waals surface area contributed by atoms with Crippen LogP contribution in [0.1, 0.15) is 18.4 Å². The fourth-order valence-electron chi connectivity index (χ4n) is 4.87. The molecule has 0 aliphatic carbocycles. The van der Waals surface area contributed by atoms with Gasteiger partial charge in [-0.25, -0.2) is 0 Å². The van der Waals surface area contributed by atoms with Gasteiger partial charge in [-0.1, -0.05) is 42.5 Å². The van der Waals surface area contributed by atoms with Crippen molar-refractivity contribution in [3.05, 3.63) is 78.6 Å². The second-order valence-electron chi connectivity index (χ2n) is 9.24. The Balaban J connectivity index is 1.12.